The highest BCUT2D eigenvalue weighted by atomic mass is 15.2. The number of para-hydroxylation sites is 10. The van der Waals surface area contributed by atoms with Crippen molar-refractivity contribution in [3.05, 3.63) is 350 Å². The topological polar surface area (TPSA) is 19.4 Å². The van der Waals surface area contributed by atoms with Gasteiger partial charge in [0.05, 0.1) is 17.1 Å². The van der Waals surface area contributed by atoms with E-state index in [1.165, 1.54) is 55.0 Å². The first-order valence-electron chi connectivity index (χ1n) is 33.4. The zero-order valence-electron chi connectivity index (χ0n) is 54.0. The fourth-order valence-corrected chi connectivity index (χ4v) is 16.0. The molecule has 454 valence electrons. The number of aryl methyl sites for hydroxylation is 4. The second-order valence-electron chi connectivity index (χ2n) is 25.8. The lowest BCUT2D eigenvalue weighted by atomic mass is 9.30. The summed E-state index contributed by atoms with van der Waals surface area (Å²) in [5, 5.41) is 0. The van der Waals surface area contributed by atoms with Crippen LogP contribution in [0.15, 0.2) is 328 Å². The predicted octanol–water partition coefficient (Wildman–Crippen LogP) is 19.7. The van der Waals surface area contributed by atoms with Crippen molar-refractivity contribution in [2.24, 2.45) is 0 Å². The van der Waals surface area contributed by atoms with Crippen LogP contribution in [0.5, 0.6) is 0 Å². The molecule has 0 aliphatic carbocycles. The maximum atomic E-state index is 2.65. The van der Waals surface area contributed by atoms with E-state index in [1.54, 1.807) is 0 Å². The van der Waals surface area contributed by atoms with Gasteiger partial charge in [-0.1, -0.05) is 218 Å². The van der Waals surface area contributed by atoms with Crippen LogP contribution < -0.4 is 62.2 Å². The van der Waals surface area contributed by atoms with Gasteiger partial charge in [0.25, 0.3) is 13.4 Å². The Labute approximate surface area is 563 Å². The van der Waals surface area contributed by atoms with E-state index >= 15 is 0 Å². The second-order valence-corrected chi connectivity index (χ2v) is 25.8. The van der Waals surface area contributed by atoms with Crippen LogP contribution >= 0.6 is 0 Å². The third-order valence-electron chi connectivity index (χ3n) is 20.3. The molecule has 8 heteroatoms. The first-order chi connectivity index (χ1) is 47.4. The number of rotatable bonds is 11. The smallest absolute Gasteiger partial charge is 0.252 e. The molecule has 4 heterocycles. The number of hydrogen-bond acceptors (Lipinski definition) is 6. The van der Waals surface area contributed by atoms with Crippen LogP contribution in [0, 0.1) is 27.7 Å². The highest BCUT2D eigenvalue weighted by Crippen LogP contribution is 2.54. The van der Waals surface area contributed by atoms with Crippen LogP contribution in [-0.4, -0.2) is 13.4 Å². The normalized spacial score (nSPS) is 12.9. The maximum absolute atomic E-state index is 2.65. The number of anilines is 18. The average molecular weight is 1230 g/mol. The molecule has 96 heavy (non-hydrogen) atoms. The Morgan fingerprint density at radius 3 is 0.927 bits per heavy atom. The number of nitrogens with zero attached hydrogens (tertiary/aromatic N) is 6. The van der Waals surface area contributed by atoms with Gasteiger partial charge in [-0.05, 0) is 197 Å². The Kier molecular flexibility index (Phi) is 13.6. The zero-order valence-corrected chi connectivity index (χ0v) is 54.0. The summed E-state index contributed by atoms with van der Waals surface area (Å²) in [4.78, 5) is 15.3. The summed E-state index contributed by atoms with van der Waals surface area (Å²) in [6.45, 7) is 8.57. The van der Waals surface area contributed by atoms with Crippen molar-refractivity contribution < 1.29 is 0 Å². The summed E-state index contributed by atoms with van der Waals surface area (Å²) in [5.41, 5.74) is 34.6. The molecule has 4 aliphatic heterocycles. The quantitative estimate of drug-likeness (QED) is 0.119. The van der Waals surface area contributed by atoms with E-state index in [0.29, 0.717) is 0 Å². The Balaban J connectivity index is 0.992. The molecule has 18 rings (SSSR count). The largest absolute Gasteiger partial charge is 0.311 e. The second kappa shape index (κ2) is 22.9. The van der Waals surface area contributed by atoms with Crippen LogP contribution in [0.2, 0.25) is 0 Å². The van der Waals surface area contributed by atoms with Gasteiger partial charge in [-0.2, -0.15) is 0 Å². The molecule has 14 aromatic rings. The first kappa shape index (κ1) is 56.7. The van der Waals surface area contributed by atoms with Gasteiger partial charge in [-0.15, -0.1) is 0 Å². The van der Waals surface area contributed by atoms with Gasteiger partial charge in [-0.25, -0.2) is 0 Å². The molecule has 6 nitrogen and oxygen atoms in total. The number of fused-ring (bicyclic) bond motifs is 8. The standard InChI is InChI=1S/C88H66B2N6/c1-59-31-17-24-46-74(59)94(75-47-25-18-32-60(75)2)67-53-83-87-85(55-67)93(66-41-15-8-16-42-66)81-58-82-73(57-72(81)89(87)70-44-22-29-51-79(70)91(83)64-37-11-6-12-38-64)90-71-45-23-30-52-80(71)92(65-39-13-7-14-40-65)84-54-68(95(76-48-26-19-33-61(76)3)77-49-27-20-34-62(77)4)56-86(88(84)90)96(82)78-50-28-21-43-69(78)63-35-9-5-10-36-63/h5-58H,1-4H3. The van der Waals surface area contributed by atoms with E-state index in [2.05, 4.69) is 385 Å². The molecule has 14 aromatic carbocycles. The predicted molar refractivity (Wildman–Crippen MR) is 408 cm³/mol. The van der Waals surface area contributed by atoms with E-state index in [0.717, 1.165) is 113 Å². The monoisotopic (exact) mass is 1230 g/mol. The molecule has 0 bridgehead atoms. The van der Waals surface area contributed by atoms with Gasteiger partial charge >= 0.3 is 0 Å². The Morgan fingerprint density at radius 1 is 0.229 bits per heavy atom. The van der Waals surface area contributed by atoms with Crippen LogP contribution in [0.3, 0.4) is 0 Å². The lowest BCUT2D eigenvalue weighted by molar-refractivity contribution is 1.20. The van der Waals surface area contributed by atoms with Crippen molar-refractivity contribution in [3.8, 4) is 11.1 Å². The molecular weight excluding hydrogens is 1160 g/mol. The molecule has 0 fully saturated rings. The van der Waals surface area contributed by atoms with E-state index in [1.807, 2.05) is 0 Å². The molecule has 0 saturated carbocycles. The minimum Gasteiger partial charge on any atom is -0.311 e. The molecule has 0 amide bonds. The molecule has 0 atom stereocenters. The fraction of sp³-hybridized carbons (Fsp3) is 0.0455. The molecule has 4 aliphatic rings. The van der Waals surface area contributed by atoms with Crippen molar-refractivity contribution in [1.82, 2.24) is 0 Å². The molecule has 0 aromatic heterocycles. The summed E-state index contributed by atoms with van der Waals surface area (Å²) in [7, 11) is 0. The van der Waals surface area contributed by atoms with E-state index in [9.17, 15) is 0 Å². The van der Waals surface area contributed by atoms with E-state index < -0.39 is 0 Å². The lowest BCUT2D eigenvalue weighted by Gasteiger charge is -2.48. The van der Waals surface area contributed by atoms with Crippen molar-refractivity contribution in [2.75, 3.05) is 29.4 Å². The van der Waals surface area contributed by atoms with E-state index in [4.69, 9.17) is 0 Å². The van der Waals surface area contributed by atoms with Crippen molar-refractivity contribution in [1.29, 1.82) is 0 Å². The van der Waals surface area contributed by atoms with Crippen LogP contribution in [0.4, 0.5) is 102 Å². The van der Waals surface area contributed by atoms with Crippen molar-refractivity contribution >= 4 is 149 Å². The SMILES string of the molecule is Cc1ccccc1N(c1cc2c3c(c1)N(c1ccccc1)c1cc4c(cc1B3c1ccccc1N2c1ccccc1)B1c2ccccc2N(c2ccccc2)c2cc(N(c3ccccc3C)c3ccccc3C)cc(c21)N4c1ccccc1-c1ccccc1)c1ccccc1C. The van der Waals surface area contributed by atoms with E-state index in [-0.39, 0.29) is 13.4 Å². The average Bonchev–Trinajstić information content (AvgIpc) is 0.685. The third-order valence-corrected chi connectivity index (χ3v) is 20.3. The number of hydrogen-bond donors (Lipinski definition) is 0. The highest BCUT2D eigenvalue weighted by molar-refractivity contribution is 7.03. The fourth-order valence-electron chi connectivity index (χ4n) is 16.0. The van der Waals surface area contributed by atoms with Gasteiger partial charge in [0.1, 0.15) is 0 Å². The molecular formula is C88H66B2N6. The molecule has 0 radical (unpaired) electrons. The van der Waals surface area contributed by atoms with Crippen LogP contribution in [0.25, 0.3) is 11.1 Å². The molecule has 0 unspecified atom stereocenters. The Bertz CT molecular complexity index is 5280. The third kappa shape index (κ3) is 8.97. The summed E-state index contributed by atoms with van der Waals surface area (Å²) in [6.07, 6.45) is 0. The summed E-state index contributed by atoms with van der Waals surface area (Å²) >= 11 is 0. The highest BCUT2D eigenvalue weighted by Gasteiger charge is 2.49. The van der Waals surface area contributed by atoms with Gasteiger partial charge in [-0.3, -0.25) is 0 Å². The van der Waals surface area contributed by atoms with Gasteiger partial charge in [0.2, 0.25) is 0 Å². The minimum atomic E-state index is -0.198. The van der Waals surface area contributed by atoms with Gasteiger partial charge < -0.3 is 29.4 Å². The summed E-state index contributed by atoms with van der Waals surface area (Å²) < 4.78 is 0. The summed E-state index contributed by atoms with van der Waals surface area (Å²) in [5.74, 6) is 0. The lowest BCUT2D eigenvalue weighted by Crippen LogP contribution is -2.65. The minimum absolute atomic E-state index is 0.185. The molecule has 0 saturated heterocycles. The zero-order chi connectivity index (χ0) is 64.1. The molecule has 0 N–H and O–H groups in total. The number of benzene rings is 14. The van der Waals surface area contributed by atoms with Crippen LogP contribution in [-0.2, 0) is 0 Å². The van der Waals surface area contributed by atoms with Gasteiger partial charge in [0.15, 0.2) is 0 Å². The summed E-state index contributed by atoms with van der Waals surface area (Å²) in [6, 6.07) is 122. The van der Waals surface area contributed by atoms with Crippen molar-refractivity contribution in [2.45, 2.75) is 27.7 Å². The first-order valence-corrected chi connectivity index (χ1v) is 33.4. The Morgan fingerprint density at radius 2 is 0.531 bits per heavy atom. The Hall–Kier alpha value is -12.0. The van der Waals surface area contributed by atoms with Crippen molar-refractivity contribution in [3.63, 3.8) is 0 Å². The maximum Gasteiger partial charge on any atom is 0.252 e. The molecule has 0 spiro atoms. The van der Waals surface area contributed by atoms with Crippen LogP contribution in [0.1, 0.15) is 22.3 Å². The van der Waals surface area contributed by atoms with Gasteiger partial charge in [0, 0.05) is 90.9 Å².